The van der Waals surface area contributed by atoms with E-state index in [4.69, 9.17) is 9.47 Å². The number of benzene rings is 1. The van der Waals surface area contributed by atoms with Gasteiger partial charge in [-0.3, -0.25) is 14.4 Å². The second kappa shape index (κ2) is 9.85. The summed E-state index contributed by atoms with van der Waals surface area (Å²) in [6.07, 6.45) is 0.0873. The molecule has 0 aliphatic rings. The molecular formula is C19H26O5. The van der Waals surface area contributed by atoms with E-state index < -0.39 is 23.8 Å². The van der Waals surface area contributed by atoms with E-state index in [2.05, 4.69) is 0 Å². The molecule has 1 aromatic rings. The van der Waals surface area contributed by atoms with Gasteiger partial charge in [0, 0.05) is 18.3 Å². The Morgan fingerprint density at radius 3 is 1.83 bits per heavy atom. The van der Waals surface area contributed by atoms with Crippen LogP contribution in [0.4, 0.5) is 0 Å². The molecule has 0 radical (unpaired) electrons. The largest absolute Gasteiger partial charge is 0.465 e. The van der Waals surface area contributed by atoms with Crippen molar-refractivity contribution in [1.82, 2.24) is 0 Å². The minimum absolute atomic E-state index is 0.0116. The number of hydrogen-bond acceptors (Lipinski definition) is 5. The molecule has 1 rings (SSSR count). The van der Waals surface area contributed by atoms with Crippen molar-refractivity contribution in [1.29, 1.82) is 0 Å². The number of Topliss-reactive ketones (excluding diaryl/α,β-unsaturated/α-hetero) is 1. The van der Waals surface area contributed by atoms with E-state index in [1.165, 1.54) is 0 Å². The van der Waals surface area contributed by atoms with Crippen molar-refractivity contribution in [2.45, 2.75) is 40.0 Å². The van der Waals surface area contributed by atoms with Gasteiger partial charge >= 0.3 is 11.9 Å². The van der Waals surface area contributed by atoms with E-state index in [0.717, 1.165) is 5.56 Å². The number of carbonyl (C=O) groups is 3. The Bertz CT molecular complexity index is 532. The number of ketones is 1. The van der Waals surface area contributed by atoms with Gasteiger partial charge in [0.05, 0.1) is 13.2 Å². The molecule has 132 valence electrons. The first-order valence-corrected chi connectivity index (χ1v) is 8.33. The lowest BCUT2D eigenvalue weighted by atomic mass is 9.80. The number of carbonyl (C=O) groups excluding carboxylic acids is 3. The van der Waals surface area contributed by atoms with E-state index >= 15 is 0 Å². The van der Waals surface area contributed by atoms with Crippen molar-refractivity contribution in [3.8, 4) is 0 Å². The summed E-state index contributed by atoms with van der Waals surface area (Å²) in [4.78, 5) is 37.1. The molecule has 0 saturated heterocycles. The normalized spacial score (nSPS) is 12.1. The van der Waals surface area contributed by atoms with Gasteiger partial charge < -0.3 is 9.47 Å². The monoisotopic (exact) mass is 334 g/mol. The van der Waals surface area contributed by atoms with Crippen LogP contribution >= 0.6 is 0 Å². The van der Waals surface area contributed by atoms with Gasteiger partial charge in [-0.1, -0.05) is 44.2 Å². The van der Waals surface area contributed by atoms with Crippen LogP contribution in [0.2, 0.25) is 0 Å². The van der Waals surface area contributed by atoms with Gasteiger partial charge in [-0.05, 0) is 19.4 Å². The molecule has 24 heavy (non-hydrogen) atoms. The zero-order chi connectivity index (χ0) is 18.1. The predicted molar refractivity (Wildman–Crippen MR) is 90.4 cm³/mol. The highest BCUT2D eigenvalue weighted by molar-refractivity contribution is 5.97. The number of hydrogen-bond donors (Lipinski definition) is 0. The highest BCUT2D eigenvalue weighted by atomic mass is 16.6. The smallest absolute Gasteiger partial charge is 0.320 e. The van der Waals surface area contributed by atoms with Crippen molar-refractivity contribution in [3.05, 3.63) is 35.9 Å². The van der Waals surface area contributed by atoms with Crippen molar-refractivity contribution < 1.29 is 23.9 Å². The molecule has 0 fully saturated rings. The zero-order valence-corrected chi connectivity index (χ0v) is 14.8. The fourth-order valence-corrected chi connectivity index (χ4v) is 2.47. The van der Waals surface area contributed by atoms with Gasteiger partial charge in [0.25, 0.3) is 0 Å². The van der Waals surface area contributed by atoms with Crippen LogP contribution in [0, 0.1) is 11.8 Å². The quantitative estimate of drug-likeness (QED) is 0.512. The maximum atomic E-state index is 12.4. The van der Waals surface area contributed by atoms with Crippen LogP contribution in [0.3, 0.4) is 0 Å². The third-order valence-corrected chi connectivity index (χ3v) is 3.78. The lowest BCUT2D eigenvalue weighted by Crippen LogP contribution is -2.35. The molecule has 0 heterocycles. The third kappa shape index (κ3) is 5.48. The molecule has 0 bridgehead atoms. The highest BCUT2D eigenvalue weighted by Gasteiger charge is 2.39. The van der Waals surface area contributed by atoms with Gasteiger partial charge in [-0.2, -0.15) is 0 Å². The molecular weight excluding hydrogens is 308 g/mol. The van der Waals surface area contributed by atoms with E-state index in [0.29, 0.717) is 0 Å². The van der Waals surface area contributed by atoms with Crippen molar-refractivity contribution >= 4 is 17.7 Å². The third-order valence-electron chi connectivity index (χ3n) is 3.78. The Morgan fingerprint density at radius 2 is 1.42 bits per heavy atom. The van der Waals surface area contributed by atoms with E-state index in [9.17, 15) is 14.4 Å². The molecule has 1 aromatic carbocycles. The molecule has 1 atom stereocenters. The van der Waals surface area contributed by atoms with Crippen LogP contribution in [0.1, 0.15) is 45.6 Å². The summed E-state index contributed by atoms with van der Waals surface area (Å²) < 4.78 is 10.1. The zero-order valence-electron chi connectivity index (χ0n) is 14.8. The maximum Gasteiger partial charge on any atom is 0.320 e. The molecule has 0 amide bonds. The number of ether oxygens (including phenoxy) is 2. The number of esters is 2. The average molecular weight is 334 g/mol. The molecule has 5 nitrogen and oxygen atoms in total. The van der Waals surface area contributed by atoms with Crippen LogP contribution in [-0.2, 0) is 23.9 Å². The standard InChI is InChI=1S/C19H26O5/c1-5-23-18(21)17(19(22)24-6-2)15(12-16(20)13(3)4)14-10-8-7-9-11-14/h7-11,13,15,17H,5-6,12H2,1-4H3/t15-/m0/s1. The van der Waals surface area contributed by atoms with E-state index in [-0.39, 0.29) is 31.3 Å². The van der Waals surface area contributed by atoms with Crippen molar-refractivity contribution in [2.75, 3.05) is 13.2 Å². The molecule has 0 aliphatic carbocycles. The Labute approximate surface area is 143 Å². The molecule has 0 spiro atoms. The van der Waals surface area contributed by atoms with Gasteiger partial charge in [-0.25, -0.2) is 0 Å². The van der Waals surface area contributed by atoms with Crippen LogP contribution in [0.15, 0.2) is 30.3 Å². The molecule has 0 aromatic heterocycles. The van der Waals surface area contributed by atoms with Crippen molar-refractivity contribution in [2.24, 2.45) is 11.8 Å². The molecule has 0 N–H and O–H groups in total. The maximum absolute atomic E-state index is 12.4. The summed E-state index contributed by atoms with van der Waals surface area (Å²) >= 11 is 0. The lowest BCUT2D eigenvalue weighted by Gasteiger charge is -2.24. The minimum atomic E-state index is -1.14. The fraction of sp³-hybridized carbons (Fsp3) is 0.526. The summed E-state index contributed by atoms with van der Waals surface area (Å²) in [6, 6.07) is 9.09. The SMILES string of the molecule is CCOC(=O)C(C(=O)OCC)[C@@H](CC(=O)C(C)C)c1ccccc1. The first-order valence-electron chi connectivity index (χ1n) is 8.33. The molecule has 0 saturated carbocycles. The summed E-state index contributed by atoms with van der Waals surface area (Å²) in [6.45, 7) is 7.28. The summed E-state index contributed by atoms with van der Waals surface area (Å²) in [5, 5.41) is 0. The van der Waals surface area contributed by atoms with Gasteiger partial charge in [0.2, 0.25) is 0 Å². The second-order valence-corrected chi connectivity index (χ2v) is 5.82. The van der Waals surface area contributed by atoms with Gasteiger partial charge in [0.15, 0.2) is 5.92 Å². The summed E-state index contributed by atoms with van der Waals surface area (Å²) in [5.74, 6) is -3.24. The Morgan fingerprint density at radius 1 is 0.917 bits per heavy atom. The lowest BCUT2D eigenvalue weighted by molar-refractivity contribution is -0.163. The molecule has 0 aliphatic heterocycles. The number of rotatable bonds is 9. The first-order chi connectivity index (χ1) is 11.4. The van der Waals surface area contributed by atoms with Gasteiger partial charge in [-0.15, -0.1) is 0 Å². The van der Waals surface area contributed by atoms with Gasteiger partial charge in [0.1, 0.15) is 5.78 Å². The van der Waals surface area contributed by atoms with Crippen LogP contribution < -0.4 is 0 Å². The molecule has 0 unspecified atom stereocenters. The second-order valence-electron chi connectivity index (χ2n) is 5.82. The summed E-state index contributed by atoms with van der Waals surface area (Å²) in [7, 11) is 0. The van der Waals surface area contributed by atoms with E-state index in [1.54, 1.807) is 27.7 Å². The predicted octanol–water partition coefficient (Wildman–Crippen LogP) is 3.13. The Hall–Kier alpha value is -2.17. The Kier molecular flexibility index (Phi) is 8.16. The van der Waals surface area contributed by atoms with Crippen LogP contribution in [0.25, 0.3) is 0 Å². The fourth-order valence-electron chi connectivity index (χ4n) is 2.47. The topological polar surface area (TPSA) is 69.7 Å². The average Bonchev–Trinajstić information content (AvgIpc) is 2.55. The minimum Gasteiger partial charge on any atom is -0.465 e. The van der Waals surface area contributed by atoms with Crippen LogP contribution in [-0.4, -0.2) is 30.9 Å². The first kappa shape index (κ1) is 19.9. The Balaban J connectivity index is 3.25. The summed E-state index contributed by atoms with van der Waals surface area (Å²) in [5.41, 5.74) is 0.748. The highest BCUT2D eigenvalue weighted by Crippen LogP contribution is 2.31. The van der Waals surface area contributed by atoms with Crippen molar-refractivity contribution in [3.63, 3.8) is 0 Å². The van der Waals surface area contributed by atoms with Crippen LogP contribution in [0.5, 0.6) is 0 Å². The van der Waals surface area contributed by atoms with E-state index in [1.807, 2.05) is 30.3 Å². The molecule has 5 heteroatoms.